The van der Waals surface area contributed by atoms with E-state index in [0.29, 0.717) is 11.4 Å². The Morgan fingerprint density at radius 3 is 2.44 bits per heavy atom. The summed E-state index contributed by atoms with van der Waals surface area (Å²) in [5, 5.41) is 5.51. The predicted molar refractivity (Wildman–Crippen MR) is 103 cm³/mol. The van der Waals surface area contributed by atoms with Crippen LogP contribution in [0.5, 0.6) is 0 Å². The predicted octanol–water partition coefficient (Wildman–Crippen LogP) is 2.44. The zero-order valence-electron chi connectivity index (χ0n) is 15.0. The van der Waals surface area contributed by atoms with Gasteiger partial charge in [-0.15, -0.1) is 0 Å². The van der Waals surface area contributed by atoms with Gasteiger partial charge in [-0.3, -0.25) is 9.59 Å². The Balaban J connectivity index is 1.76. The van der Waals surface area contributed by atoms with E-state index in [1.54, 1.807) is 26.0 Å². The second kappa shape index (κ2) is 7.50. The molecule has 0 aromatic heterocycles. The summed E-state index contributed by atoms with van der Waals surface area (Å²) in [5.41, 5.74) is 1.86. The lowest BCUT2D eigenvalue weighted by Gasteiger charge is -2.24. The Morgan fingerprint density at radius 2 is 1.78 bits per heavy atom. The molecule has 142 valence electrons. The van der Waals surface area contributed by atoms with Crippen LogP contribution in [0.4, 0.5) is 11.4 Å². The molecule has 7 nitrogen and oxygen atoms in total. The first-order chi connectivity index (χ1) is 12.8. The number of rotatable bonds is 5. The van der Waals surface area contributed by atoms with Gasteiger partial charge in [0.2, 0.25) is 21.8 Å². The van der Waals surface area contributed by atoms with E-state index in [2.05, 4.69) is 15.4 Å². The fraction of sp³-hybridized carbons (Fsp3) is 0.263. The minimum absolute atomic E-state index is 0.0631. The summed E-state index contributed by atoms with van der Waals surface area (Å²) in [6, 6.07) is 12.9. The lowest BCUT2D eigenvalue weighted by Crippen LogP contribution is -2.31. The van der Waals surface area contributed by atoms with Gasteiger partial charge in [-0.25, -0.2) is 13.1 Å². The molecule has 0 aliphatic carbocycles. The number of fused-ring (bicyclic) bond motifs is 1. The van der Waals surface area contributed by atoms with Crippen LogP contribution in [-0.4, -0.2) is 26.3 Å². The highest BCUT2D eigenvalue weighted by Gasteiger charge is 2.30. The number of carbonyl (C=O) groups excluding carboxylic acids is 2. The van der Waals surface area contributed by atoms with E-state index in [9.17, 15) is 18.0 Å². The summed E-state index contributed by atoms with van der Waals surface area (Å²) >= 11 is 0. The maximum Gasteiger partial charge on any atom is 0.240 e. The summed E-state index contributed by atoms with van der Waals surface area (Å²) in [6.07, 6.45) is 0.0631. The summed E-state index contributed by atoms with van der Waals surface area (Å²) in [6.45, 7) is 3.48. The molecule has 0 fully saturated rings. The second-order valence-corrected chi connectivity index (χ2v) is 8.40. The van der Waals surface area contributed by atoms with Gasteiger partial charge in [-0.2, -0.15) is 0 Å². The van der Waals surface area contributed by atoms with E-state index in [0.717, 1.165) is 5.56 Å². The zero-order chi connectivity index (χ0) is 19.6. The van der Waals surface area contributed by atoms with Gasteiger partial charge in [-0.05, 0) is 49.7 Å². The Labute approximate surface area is 158 Å². The van der Waals surface area contributed by atoms with Crippen molar-refractivity contribution in [2.24, 2.45) is 0 Å². The third-order valence-electron chi connectivity index (χ3n) is 4.14. The monoisotopic (exact) mass is 387 g/mol. The molecule has 0 saturated heterocycles. The average molecular weight is 387 g/mol. The molecule has 1 aliphatic rings. The Hall–Kier alpha value is -2.71. The van der Waals surface area contributed by atoms with Crippen molar-refractivity contribution in [1.82, 2.24) is 4.72 Å². The number of carbonyl (C=O) groups is 2. The fourth-order valence-electron chi connectivity index (χ4n) is 2.97. The Bertz CT molecular complexity index is 969. The van der Waals surface area contributed by atoms with Gasteiger partial charge in [0, 0.05) is 23.8 Å². The Morgan fingerprint density at radius 1 is 1.11 bits per heavy atom. The van der Waals surface area contributed by atoms with Crippen LogP contribution in [0.3, 0.4) is 0 Å². The molecule has 0 radical (unpaired) electrons. The third kappa shape index (κ3) is 4.35. The number of benzene rings is 2. The molecule has 1 unspecified atom stereocenters. The van der Waals surface area contributed by atoms with Crippen LogP contribution < -0.4 is 15.4 Å². The largest absolute Gasteiger partial charge is 0.326 e. The fourth-order valence-corrected chi connectivity index (χ4v) is 4.22. The number of hydrogen-bond donors (Lipinski definition) is 3. The quantitative estimate of drug-likeness (QED) is 0.733. The summed E-state index contributed by atoms with van der Waals surface area (Å²) < 4.78 is 26.8. The van der Waals surface area contributed by atoms with E-state index in [-0.39, 0.29) is 29.2 Å². The number of anilines is 2. The van der Waals surface area contributed by atoms with E-state index in [1.165, 1.54) is 24.3 Å². The first-order valence-electron chi connectivity index (χ1n) is 8.58. The maximum atomic E-state index is 12.7. The second-order valence-electron chi connectivity index (χ2n) is 6.68. The molecule has 8 heteroatoms. The van der Waals surface area contributed by atoms with Crippen molar-refractivity contribution in [3.63, 3.8) is 0 Å². The molecule has 3 rings (SSSR count). The van der Waals surface area contributed by atoms with Gasteiger partial charge in [0.1, 0.15) is 0 Å². The van der Waals surface area contributed by atoms with Crippen molar-refractivity contribution in [2.45, 2.75) is 37.1 Å². The molecule has 0 spiro atoms. The number of hydrogen-bond acceptors (Lipinski definition) is 4. The van der Waals surface area contributed by atoms with Crippen LogP contribution in [0.25, 0.3) is 0 Å². The molecule has 0 bridgehead atoms. The molecule has 1 aliphatic heterocycles. The molecule has 0 saturated carbocycles. The molecule has 1 atom stereocenters. The number of amides is 2. The number of para-hydroxylation sites is 1. The van der Waals surface area contributed by atoms with Crippen LogP contribution in [-0.2, 0) is 19.6 Å². The molecule has 2 aromatic carbocycles. The van der Waals surface area contributed by atoms with Crippen LogP contribution >= 0.6 is 0 Å². The molecule has 1 heterocycles. The smallest absolute Gasteiger partial charge is 0.240 e. The van der Waals surface area contributed by atoms with Crippen molar-refractivity contribution in [3.05, 3.63) is 54.1 Å². The van der Waals surface area contributed by atoms with Gasteiger partial charge in [0.05, 0.1) is 10.8 Å². The zero-order valence-corrected chi connectivity index (χ0v) is 15.8. The van der Waals surface area contributed by atoms with Gasteiger partial charge in [0.25, 0.3) is 0 Å². The first-order valence-corrected chi connectivity index (χ1v) is 10.1. The van der Waals surface area contributed by atoms with Crippen molar-refractivity contribution < 1.29 is 18.0 Å². The van der Waals surface area contributed by atoms with Crippen molar-refractivity contribution in [2.75, 3.05) is 10.6 Å². The van der Waals surface area contributed by atoms with Crippen LogP contribution in [0.2, 0.25) is 0 Å². The highest BCUT2D eigenvalue weighted by molar-refractivity contribution is 7.89. The van der Waals surface area contributed by atoms with Crippen molar-refractivity contribution >= 4 is 33.2 Å². The van der Waals surface area contributed by atoms with E-state index in [4.69, 9.17) is 0 Å². The van der Waals surface area contributed by atoms with Crippen molar-refractivity contribution in [1.29, 1.82) is 0 Å². The third-order valence-corrected chi connectivity index (χ3v) is 5.81. The van der Waals surface area contributed by atoms with E-state index in [1.807, 2.05) is 12.1 Å². The first kappa shape index (κ1) is 19.1. The van der Waals surface area contributed by atoms with Gasteiger partial charge < -0.3 is 10.6 Å². The number of sulfonamides is 1. The van der Waals surface area contributed by atoms with Gasteiger partial charge in [-0.1, -0.05) is 18.2 Å². The summed E-state index contributed by atoms with van der Waals surface area (Å²) in [4.78, 5) is 24.7. The molecule has 3 N–H and O–H groups in total. The molecule has 27 heavy (non-hydrogen) atoms. The maximum absolute atomic E-state index is 12.7. The van der Waals surface area contributed by atoms with Gasteiger partial charge in [0.15, 0.2) is 0 Å². The molecule has 2 aromatic rings. The number of nitrogens with one attached hydrogen (secondary N) is 3. The van der Waals surface area contributed by atoms with E-state index < -0.39 is 15.9 Å². The molecular weight excluding hydrogens is 366 g/mol. The van der Waals surface area contributed by atoms with Crippen LogP contribution in [0.15, 0.2) is 53.4 Å². The molecule has 2 amide bonds. The minimum Gasteiger partial charge on any atom is -0.326 e. The van der Waals surface area contributed by atoms with Crippen LogP contribution in [0, 0.1) is 0 Å². The molecular formula is C19H21N3O4S. The van der Waals surface area contributed by atoms with Gasteiger partial charge >= 0.3 is 0 Å². The highest BCUT2D eigenvalue weighted by atomic mass is 32.2. The lowest BCUT2D eigenvalue weighted by atomic mass is 9.90. The van der Waals surface area contributed by atoms with Crippen molar-refractivity contribution in [3.8, 4) is 0 Å². The average Bonchev–Trinajstić information content (AvgIpc) is 2.60. The Kier molecular flexibility index (Phi) is 5.29. The normalized spacial score (nSPS) is 16.6. The summed E-state index contributed by atoms with van der Waals surface area (Å²) in [7, 11) is -3.59. The van der Waals surface area contributed by atoms with Crippen LogP contribution in [0.1, 0.15) is 31.7 Å². The minimum atomic E-state index is -3.59. The topological polar surface area (TPSA) is 104 Å². The summed E-state index contributed by atoms with van der Waals surface area (Å²) in [5.74, 6) is -1.12. The lowest BCUT2D eigenvalue weighted by molar-refractivity contribution is -0.123. The highest BCUT2D eigenvalue weighted by Crippen LogP contribution is 2.32. The SMILES string of the molecule is CC(C)NS(=O)(=O)c1ccc(NC(=O)C2CC(=O)Nc3ccccc32)cc1. The van der Waals surface area contributed by atoms with E-state index >= 15 is 0 Å². The standard InChI is InChI=1S/C19H21N3O4S/c1-12(2)22-27(25,26)14-9-7-13(8-10-14)20-19(24)16-11-18(23)21-17-6-4-3-5-15(16)17/h3-10,12,16,22H,11H2,1-2H3,(H,20,24)(H,21,23).